The van der Waals surface area contributed by atoms with E-state index in [1.54, 1.807) is 12.1 Å². The number of allylic oxidation sites excluding steroid dienone is 1. The Labute approximate surface area is 221 Å². The highest BCUT2D eigenvalue weighted by Crippen LogP contribution is 2.31. The lowest BCUT2D eigenvalue weighted by atomic mass is 10.1. The Morgan fingerprint density at radius 3 is 2.50 bits per heavy atom. The van der Waals surface area contributed by atoms with Gasteiger partial charge in [-0.2, -0.15) is 5.26 Å². The number of hydrogen-bond acceptors (Lipinski definition) is 4. The summed E-state index contributed by atoms with van der Waals surface area (Å²) in [7, 11) is 0. The zero-order valence-corrected chi connectivity index (χ0v) is 22.3. The number of fused-ring (bicyclic) bond motifs is 1. The van der Waals surface area contributed by atoms with Crippen molar-refractivity contribution in [1.29, 1.82) is 5.26 Å². The highest BCUT2D eigenvalue weighted by Gasteiger charge is 2.14. The second-order valence-corrected chi connectivity index (χ2v) is 9.47. The van der Waals surface area contributed by atoms with Crippen molar-refractivity contribution < 1.29 is 4.74 Å². The maximum absolute atomic E-state index is 10.00. The maximum Gasteiger partial charge on any atom is 0.149 e. The number of imidazole rings is 1. The van der Waals surface area contributed by atoms with Gasteiger partial charge in [0.05, 0.1) is 16.6 Å². The number of ether oxygens (including phenoxy) is 1. The topological polar surface area (TPSA) is 64.9 Å². The largest absolute Gasteiger partial charge is 0.488 e. The predicted molar refractivity (Wildman–Crippen MR) is 150 cm³/mol. The van der Waals surface area contributed by atoms with Crippen LogP contribution in [-0.4, -0.2) is 23.1 Å². The van der Waals surface area contributed by atoms with Gasteiger partial charge in [0.25, 0.3) is 0 Å². The SMILES string of the molecule is CCN(CC)c1ccc(/C=C(\C#N)c2nc3cc(C)c(C)cc3[nH]2)c(OCc2ccc(Cl)cc2Cl)c1. The molecular weight excluding hydrogens is 491 g/mol. The zero-order chi connectivity index (χ0) is 25.8. The van der Waals surface area contributed by atoms with Crippen LogP contribution in [0.4, 0.5) is 5.69 Å². The van der Waals surface area contributed by atoms with Crippen molar-refractivity contribution in [3.8, 4) is 11.8 Å². The highest BCUT2D eigenvalue weighted by molar-refractivity contribution is 6.35. The lowest BCUT2D eigenvalue weighted by Gasteiger charge is -2.22. The monoisotopic (exact) mass is 518 g/mol. The molecule has 0 saturated carbocycles. The Kier molecular flexibility index (Phi) is 7.88. The van der Waals surface area contributed by atoms with Gasteiger partial charge in [-0.3, -0.25) is 0 Å². The summed E-state index contributed by atoms with van der Waals surface area (Å²) < 4.78 is 6.26. The summed E-state index contributed by atoms with van der Waals surface area (Å²) in [4.78, 5) is 10.2. The fourth-order valence-corrected chi connectivity index (χ4v) is 4.52. The average Bonchev–Trinajstić information content (AvgIpc) is 3.26. The zero-order valence-electron chi connectivity index (χ0n) is 20.8. The van der Waals surface area contributed by atoms with Gasteiger partial charge < -0.3 is 14.6 Å². The van der Waals surface area contributed by atoms with Crippen LogP contribution in [0.2, 0.25) is 10.0 Å². The van der Waals surface area contributed by atoms with E-state index in [9.17, 15) is 5.26 Å². The lowest BCUT2D eigenvalue weighted by molar-refractivity contribution is 0.305. The summed E-state index contributed by atoms with van der Waals surface area (Å²) in [6.07, 6.45) is 1.81. The smallest absolute Gasteiger partial charge is 0.149 e. The van der Waals surface area contributed by atoms with Gasteiger partial charge in [0.1, 0.15) is 24.3 Å². The lowest BCUT2D eigenvalue weighted by Crippen LogP contribution is -2.21. The van der Waals surface area contributed by atoms with Gasteiger partial charge in [0.2, 0.25) is 0 Å². The average molecular weight is 519 g/mol. The normalized spacial score (nSPS) is 11.5. The number of nitriles is 1. The number of hydrogen-bond donors (Lipinski definition) is 1. The van der Waals surface area contributed by atoms with E-state index in [0.717, 1.165) is 46.5 Å². The van der Waals surface area contributed by atoms with Crippen LogP contribution in [0.15, 0.2) is 48.5 Å². The van der Waals surface area contributed by atoms with Crippen LogP contribution < -0.4 is 9.64 Å². The molecule has 0 aliphatic heterocycles. The first-order valence-electron chi connectivity index (χ1n) is 11.9. The minimum Gasteiger partial charge on any atom is -0.488 e. The molecule has 4 aromatic rings. The van der Waals surface area contributed by atoms with E-state index in [1.165, 1.54) is 5.56 Å². The van der Waals surface area contributed by atoms with E-state index in [0.29, 0.717) is 27.2 Å². The molecule has 0 fully saturated rings. The summed E-state index contributed by atoms with van der Waals surface area (Å²) in [5.41, 5.74) is 7.14. The van der Waals surface area contributed by atoms with Gasteiger partial charge in [-0.1, -0.05) is 29.3 Å². The van der Waals surface area contributed by atoms with Crippen LogP contribution in [0.25, 0.3) is 22.7 Å². The molecule has 0 radical (unpaired) electrons. The molecule has 5 nitrogen and oxygen atoms in total. The molecule has 0 aliphatic rings. The first kappa shape index (κ1) is 25.6. The van der Waals surface area contributed by atoms with Crippen LogP contribution >= 0.6 is 23.2 Å². The van der Waals surface area contributed by atoms with E-state index in [1.807, 2.05) is 36.4 Å². The van der Waals surface area contributed by atoms with Crippen LogP contribution in [0.1, 0.15) is 41.9 Å². The van der Waals surface area contributed by atoms with Gasteiger partial charge in [-0.05, 0) is 81.3 Å². The highest BCUT2D eigenvalue weighted by atomic mass is 35.5. The molecule has 3 aromatic carbocycles. The van der Waals surface area contributed by atoms with Crippen molar-refractivity contribution in [1.82, 2.24) is 9.97 Å². The summed E-state index contributed by atoms with van der Waals surface area (Å²) in [5, 5.41) is 11.1. The number of nitrogens with one attached hydrogen (secondary N) is 1. The number of aromatic amines is 1. The third-order valence-electron chi connectivity index (χ3n) is 6.30. The number of halogens is 2. The van der Waals surface area contributed by atoms with Gasteiger partial charge in [-0.15, -0.1) is 0 Å². The molecule has 0 aliphatic carbocycles. The molecule has 1 heterocycles. The summed E-state index contributed by atoms with van der Waals surface area (Å²) >= 11 is 12.4. The molecule has 0 saturated heterocycles. The molecule has 0 spiro atoms. The summed E-state index contributed by atoms with van der Waals surface area (Å²) in [5.74, 6) is 1.18. The molecule has 1 aromatic heterocycles. The maximum atomic E-state index is 10.00. The second kappa shape index (κ2) is 11.1. The van der Waals surface area contributed by atoms with Crippen LogP contribution in [-0.2, 0) is 6.61 Å². The molecule has 4 rings (SSSR count). The Morgan fingerprint density at radius 2 is 1.81 bits per heavy atom. The number of benzene rings is 3. The summed E-state index contributed by atoms with van der Waals surface area (Å²) in [6, 6.07) is 17.7. The molecule has 1 N–H and O–H groups in total. The van der Waals surface area contributed by atoms with Crippen molar-refractivity contribution in [2.75, 3.05) is 18.0 Å². The minimum atomic E-state index is 0.267. The first-order valence-corrected chi connectivity index (χ1v) is 12.6. The third-order valence-corrected chi connectivity index (χ3v) is 6.88. The molecule has 7 heteroatoms. The van der Waals surface area contributed by atoms with E-state index in [2.05, 4.69) is 54.7 Å². The Bertz CT molecular complexity index is 1440. The van der Waals surface area contributed by atoms with Gasteiger partial charge in [-0.25, -0.2) is 4.98 Å². The number of nitrogens with zero attached hydrogens (tertiary/aromatic N) is 3. The summed E-state index contributed by atoms with van der Waals surface area (Å²) in [6.45, 7) is 10.4. The van der Waals surface area contributed by atoms with Crippen molar-refractivity contribution in [3.05, 3.63) is 86.7 Å². The third kappa shape index (κ3) is 5.51. The molecule has 0 atom stereocenters. The molecule has 0 amide bonds. The van der Waals surface area contributed by atoms with Crippen molar-refractivity contribution in [2.45, 2.75) is 34.3 Å². The van der Waals surface area contributed by atoms with Crippen LogP contribution in [0, 0.1) is 25.2 Å². The molecule has 0 bridgehead atoms. The van der Waals surface area contributed by atoms with E-state index in [-0.39, 0.29) is 6.61 Å². The number of rotatable bonds is 8. The minimum absolute atomic E-state index is 0.267. The van der Waals surface area contributed by atoms with Crippen molar-refractivity contribution in [3.63, 3.8) is 0 Å². The second-order valence-electron chi connectivity index (χ2n) is 8.63. The number of anilines is 1. The van der Waals surface area contributed by atoms with E-state index >= 15 is 0 Å². The predicted octanol–water partition coefficient (Wildman–Crippen LogP) is 7.98. The fourth-order valence-electron chi connectivity index (χ4n) is 4.05. The number of aryl methyl sites for hydroxylation is 2. The molecule has 0 unspecified atom stereocenters. The quantitative estimate of drug-likeness (QED) is 0.240. The Balaban J connectivity index is 1.74. The first-order chi connectivity index (χ1) is 17.3. The van der Waals surface area contributed by atoms with E-state index < -0.39 is 0 Å². The molecule has 184 valence electrons. The van der Waals surface area contributed by atoms with Gasteiger partial charge in [0.15, 0.2) is 0 Å². The fraction of sp³-hybridized carbons (Fsp3) is 0.241. The van der Waals surface area contributed by atoms with Gasteiger partial charge >= 0.3 is 0 Å². The standard InChI is InChI=1S/C29H28Cl2N4O/c1-5-35(6-2)24-10-8-20(28(15-24)36-17-21-7-9-23(30)14-25(21)31)13-22(16-32)29-33-26-11-18(3)19(4)12-27(26)34-29/h7-15H,5-6,17H2,1-4H3,(H,33,34)/b22-13+. The Morgan fingerprint density at radius 1 is 1.06 bits per heavy atom. The van der Waals surface area contributed by atoms with Crippen molar-refractivity contribution in [2.24, 2.45) is 0 Å². The molecular formula is C29H28Cl2N4O. The van der Waals surface area contributed by atoms with Gasteiger partial charge in [0, 0.05) is 46.0 Å². The Hall–Kier alpha value is -3.46. The number of H-pyrrole nitrogens is 1. The molecule has 36 heavy (non-hydrogen) atoms. The van der Waals surface area contributed by atoms with E-state index in [4.69, 9.17) is 27.9 Å². The van der Waals surface area contributed by atoms with Crippen LogP contribution in [0.3, 0.4) is 0 Å². The van der Waals surface area contributed by atoms with Crippen LogP contribution in [0.5, 0.6) is 5.75 Å². The number of aromatic nitrogens is 2. The van der Waals surface area contributed by atoms with Crippen molar-refractivity contribution >= 4 is 51.6 Å².